The Balaban J connectivity index is 1.49. The zero-order chi connectivity index (χ0) is 21.6. The van der Waals surface area contributed by atoms with Crippen LogP contribution in [-0.4, -0.2) is 56.3 Å². The third-order valence-electron chi connectivity index (χ3n) is 4.40. The second-order valence-corrected chi connectivity index (χ2v) is 10.1. The molecule has 9 heteroatoms. The van der Waals surface area contributed by atoms with Gasteiger partial charge in [-0.3, -0.25) is 0 Å². The number of sulfonamides is 1. The van der Waals surface area contributed by atoms with Gasteiger partial charge in [-0.2, -0.15) is 4.31 Å². The summed E-state index contributed by atoms with van der Waals surface area (Å²) in [6.45, 7) is 4.38. The van der Waals surface area contributed by atoms with Gasteiger partial charge in [0.2, 0.25) is 10.0 Å². The molecular formula is C21H25N3O4S2. The second-order valence-electron chi connectivity index (χ2n) is 7.08. The van der Waals surface area contributed by atoms with Crippen LogP contribution in [0.25, 0.3) is 0 Å². The van der Waals surface area contributed by atoms with Gasteiger partial charge in [0.05, 0.1) is 22.8 Å². The molecule has 3 rings (SSSR count). The number of benzene rings is 1. The van der Waals surface area contributed by atoms with Gasteiger partial charge in [0.1, 0.15) is 0 Å². The van der Waals surface area contributed by atoms with E-state index in [1.54, 1.807) is 29.5 Å². The molecule has 1 aliphatic rings. The van der Waals surface area contributed by atoms with E-state index in [9.17, 15) is 13.2 Å². The number of amides is 2. The molecule has 160 valence electrons. The lowest BCUT2D eigenvalue weighted by Crippen LogP contribution is -2.49. The first kappa shape index (κ1) is 22.3. The van der Waals surface area contributed by atoms with Crippen molar-refractivity contribution in [3.63, 3.8) is 0 Å². The topological polar surface area (TPSA) is 87.7 Å². The van der Waals surface area contributed by atoms with Crippen molar-refractivity contribution < 1.29 is 17.9 Å². The zero-order valence-corrected chi connectivity index (χ0v) is 18.6. The number of thiophene rings is 1. The fourth-order valence-electron chi connectivity index (χ4n) is 3.11. The average Bonchev–Trinajstić information content (AvgIpc) is 3.19. The molecule has 1 fully saturated rings. The maximum absolute atomic E-state index is 12.5. The van der Waals surface area contributed by atoms with Crippen LogP contribution in [0.5, 0.6) is 0 Å². The molecule has 1 aliphatic heterocycles. The number of ether oxygens (including phenoxy) is 1. The number of morpholine rings is 1. The smallest absolute Gasteiger partial charge is 0.319 e. The van der Waals surface area contributed by atoms with Gasteiger partial charge in [0.25, 0.3) is 0 Å². The fraction of sp³-hybridized carbons (Fsp3) is 0.381. The summed E-state index contributed by atoms with van der Waals surface area (Å²) in [5.41, 5.74) is 1.36. The minimum Gasteiger partial charge on any atom is -0.373 e. The summed E-state index contributed by atoms with van der Waals surface area (Å²) in [4.78, 5) is 13.1. The average molecular weight is 448 g/mol. The van der Waals surface area contributed by atoms with Crippen LogP contribution >= 0.6 is 11.3 Å². The lowest BCUT2D eigenvalue weighted by atomic mass is 10.2. The maximum atomic E-state index is 12.5. The highest BCUT2D eigenvalue weighted by molar-refractivity contribution is 7.89. The van der Waals surface area contributed by atoms with Gasteiger partial charge in [0.15, 0.2) is 0 Å². The van der Waals surface area contributed by atoms with Gasteiger partial charge in [0, 0.05) is 30.9 Å². The highest BCUT2D eigenvalue weighted by Crippen LogP contribution is 2.15. The molecule has 0 bridgehead atoms. The molecule has 30 heavy (non-hydrogen) atoms. The normalized spacial score (nSPS) is 19.5. The monoisotopic (exact) mass is 447 g/mol. The minimum absolute atomic E-state index is 0.0200. The number of carbonyl (C=O) groups is 1. The van der Waals surface area contributed by atoms with E-state index in [4.69, 9.17) is 4.74 Å². The highest BCUT2D eigenvalue weighted by atomic mass is 32.2. The third kappa shape index (κ3) is 6.57. The van der Waals surface area contributed by atoms with Crippen molar-refractivity contribution >= 4 is 33.1 Å². The van der Waals surface area contributed by atoms with E-state index in [2.05, 4.69) is 22.5 Å². The summed E-state index contributed by atoms with van der Waals surface area (Å²) in [5, 5.41) is 7.28. The van der Waals surface area contributed by atoms with Crippen molar-refractivity contribution in [3.8, 4) is 11.8 Å². The van der Waals surface area contributed by atoms with Crippen LogP contribution in [0.3, 0.4) is 0 Å². The van der Waals surface area contributed by atoms with Gasteiger partial charge >= 0.3 is 6.03 Å². The molecule has 2 heterocycles. The number of hydrogen-bond acceptors (Lipinski definition) is 5. The lowest BCUT2D eigenvalue weighted by Gasteiger charge is -2.34. The molecule has 1 aromatic heterocycles. The zero-order valence-electron chi connectivity index (χ0n) is 16.9. The van der Waals surface area contributed by atoms with Crippen molar-refractivity contribution in [2.75, 3.05) is 30.7 Å². The van der Waals surface area contributed by atoms with E-state index >= 15 is 0 Å². The van der Waals surface area contributed by atoms with Gasteiger partial charge < -0.3 is 15.4 Å². The van der Waals surface area contributed by atoms with E-state index in [1.807, 2.05) is 37.4 Å². The Morgan fingerprint density at radius 2 is 1.97 bits per heavy atom. The Bertz CT molecular complexity index is 1020. The Labute approximate surface area is 181 Å². The van der Waals surface area contributed by atoms with Gasteiger partial charge in [-0.1, -0.05) is 24.0 Å². The molecule has 0 saturated carbocycles. The molecule has 2 amide bonds. The van der Waals surface area contributed by atoms with E-state index in [0.717, 1.165) is 10.4 Å². The van der Waals surface area contributed by atoms with Crippen molar-refractivity contribution in [3.05, 3.63) is 52.2 Å². The highest BCUT2D eigenvalue weighted by Gasteiger charge is 2.30. The number of carbonyl (C=O) groups excluding carboxylic acids is 1. The van der Waals surface area contributed by atoms with E-state index in [1.165, 1.54) is 4.31 Å². The number of nitrogens with zero attached hydrogens (tertiary/aromatic N) is 1. The Morgan fingerprint density at radius 3 is 2.67 bits per heavy atom. The number of nitrogens with one attached hydrogen (secondary N) is 2. The summed E-state index contributed by atoms with van der Waals surface area (Å²) < 4.78 is 32.0. The Morgan fingerprint density at radius 1 is 1.20 bits per heavy atom. The third-order valence-corrected chi connectivity index (χ3v) is 6.99. The molecule has 0 radical (unpaired) electrons. The molecule has 2 atom stereocenters. The quantitative estimate of drug-likeness (QED) is 0.690. The van der Waals surface area contributed by atoms with E-state index in [0.29, 0.717) is 18.8 Å². The summed E-state index contributed by atoms with van der Waals surface area (Å²) in [7, 11) is -3.46. The standard InChI is InChI=1S/C21H25N3O4S2/c1-16-14-24(15-17(2)28-16)30(26,27)12-10-22-21(25)23-19-6-3-5-18(13-19)8-9-20-7-4-11-29-20/h3-7,11,13,16-17H,10,12,14-15H2,1-2H3,(H2,22,23,25)/t16-,17-/m1/s1. The predicted octanol–water partition coefficient (Wildman–Crippen LogP) is 2.71. The minimum atomic E-state index is -3.46. The van der Waals surface area contributed by atoms with Crippen LogP contribution in [0, 0.1) is 11.8 Å². The van der Waals surface area contributed by atoms with Crippen LogP contribution < -0.4 is 10.6 Å². The number of anilines is 1. The molecule has 1 aromatic carbocycles. The largest absolute Gasteiger partial charge is 0.373 e. The first-order chi connectivity index (χ1) is 14.3. The second kappa shape index (κ2) is 10.1. The van der Waals surface area contributed by atoms with Gasteiger partial charge in [-0.25, -0.2) is 13.2 Å². The van der Waals surface area contributed by atoms with Crippen molar-refractivity contribution in [2.45, 2.75) is 26.1 Å². The molecule has 1 saturated heterocycles. The Kier molecular flexibility index (Phi) is 7.50. The molecular weight excluding hydrogens is 422 g/mol. The van der Waals surface area contributed by atoms with Crippen molar-refractivity contribution in [2.24, 2.45) is 0 Å². The summed E-state index contributed by atoms with van der Waals surface area (Å²) in [6, 6.07) is 10.6. The van der Waals surface area contributed by atoms with Crippen LogP contribution in [0.4, 0.5) is 10.5 Å². The molecule has 0 aliphatic carbocycles. The van der Waals surface area contributed by atoms with Crippen molar-refractivity contribution in [1.29, 1.82) is 0 Å². The SMILES string of the molecule is C[C@@H]1CN(S(=O)(=O)CCNC(=O)Nc2cccc(C#Cc3cccs3)c2)C[C@@H](C)O1. The number of urea groups is 1. The van der Waals surface area contributed by atoms with Gasteiger partial charge in [-0.15, -0.1) is 11.3 Å². The lowest BCUT2D eigenvalue weighted by molar-refractivity contribution is -0.0440. The van der Waals surface area contributed by atoms with Crippen LogP contribution in [0.1, 0.15) is 24.3 Å². The predicted molar refractivity (Wildman–Crippen MR) is 119 cm³/mol. The van der Waals surface area contributed by atoms with Crippen LogP contribution in [-0.2, 0) is 14.8 Å². The molecule has 0 unspecified atom stereocenters. The number of rotatable bonds is 5. The van der Waals surface area contributed by atoms with Crippen molar-refractivity contribution in [1.82, 2.24) is 9.62 Å². The summed E-state index contributed by atoms with van der Waals surface area (Å²) in [5.74, 6) is 5.97. The Hall–Kier alpha value is -2.38. The van der Waals surface area contributed by atoms with Crippen LogP contribution in [0.15, 0.2) is 41.8 Å². The first-order valence-electron chi connectivity index (χ1n) is 9.65. The summed E-state index contributed by atoms with van der Waals surface area (Å²) >= 11 is 1.57. The molecule has 2 N–H and O–H groups in total. The first-order valence-corrected chi connectivity index (χ1v) is 12.1. The maximum Gasteiger partial charge on any atom is 0.319 e. The van der Waals surface area contributed by atoms with E-state index < -0.39 is 16.1 Å². The van der Waals surface area contributed by atoms with Gasteiger partial charge in [-0.05, 0) is 43.5 Å². The molecule has 7 nitrogen and oxygen atoms in total. The van der Waals surface area contributed by atoms with E-state index in [-0.39, 0.29) is 24.5 Å². The summed E-state index contributed by atoms with van der Waals surface area (Å²) in [6.07, 6.45) is -0.287. The number of hydrogen-bond donors (Lipinski definition) is 2. The fourth-order valence-corrected chi connectivity index (χ4v) is 5.18. The van der Waals surface area contributed by atoms with Crippen LogP contribution in [0.2, 0.25) is 0 Å². The molecule has 0 spiro atoms. The molecule has 2 aromatic rings.